The minimum Gasteiger partial charge on any atom is -0.462 e. The van der Waals surface area contributed by atoms with Gasteiger partial charge in [0.25, 0.3) is 0 Å². The molecule has 0 aliphatic carbocycles. The number of phosphoric ester groups is 2. The molecule has 0 aliphatic rings. The average Bonchev–Trinajstić information content (AvgIpc) is 0.914. The monoisotopic (exact) mass is 1490 g/mol. The van der Waals surface area contributed by atoms with Crippen LogP contribution >= 0.6 is 15.6 Å². The number of carbonyl (C=O) groups is 4. The highest BCUT2D eigenvalue weighted by atomic mass is 31.2. The summed E-state index contributed by atoms with van der Waals surface area (Å²) in [4.78, 5) is 73.0. The molecule has 0 spiro atoms. The summed E-state index contributed by atoms with van der Waals surface area (Å²) >= 11 is 0. The standard InChI is InChI=1S/C83H162O17P2/c1-8-10-11-12-13-43-50-57-64-80(85)93-70-78(99-82(87)67-60-53-46-39-33-27-21-23-29-35-41-48-55-62-75(5)6)72-97-101(89,90)95-68-77(84)69-96-102(91,92)98-73-79(71-94-81(86)65-58-51-44-37-31-26-20-22-28-34-40-47-54-61-74(3)4)100-83(88)66-59-52-45-38-32-25-19-17-15-14-16-18-24-30-36-42-49-56-63-76(7)9-2/h74-79,84H,8-73H2,1-7H3,(H,89,90)(H,91,92)/t76?,77-,78+,79+/m0/s1. The van der Waals surface area contributed by atoms with E-state index in [1.165, 1.54) is 238 Å². The quantitative estimate of drug-likeness (QED) is 0.0222. The van der Waals surface area contributed by atoms with E-state index in [1.807, 2.05) is 0 Å². The third-order valence-corrected chi connectivity index (χ3v) is 21.6. The number of phosphoric acid groups is 2. The lowest BCUT2D eigenvalue weighted by Gasteiger charge is -2.21. The maximum absolute atomic E-state index is 13.1. The van der Waals surface area contributed by atoms with Crippen molar-refractivity contribution in [2.75, 3.05) is 39.6 Å². The molecular formula is C83H162O17P2. The summed E-state index contributed by atoms with van der Waals surface area (Å²) in [5, 5.41) is 10.6. The number of hydrogen-bond donors (Lipinski definition) is 3. The Hall–Kier alpha value is -1.94. The second-order valence-electron chi connectivity index (χ2n) is 31.1. The molecule has 0 bridgehead atoms. The van der Waals surface area contributed by atoms with Gasteiger partial charge >= 0.3 is 39.5 Å². The van der Waals surface area contributed by atoms with E-state index in [9.17, 15) is 43.2 Å². The van der Waals surface area contributed by atoms with E-state index in [0.717, 1.165) is 114 Å². The Balaban J connectivity index is 5.19. The summed E-state index contributed by atoms with van der Waals surface area (Å²) in [5.41, 5.74) is 0. The van der Waals surface area contributed by atoms with Crippen LogP contribution in [0.25, 0.3) is 0 Å². The van der Waals surface area contributed by atoms with Crippen LogP contribution in [0.5, 0.6) is 0 Å². The summed E-state index contributed by atoms with van der Waals surface area (Å²) in [6.45, 7) is 12.0. The van der Waals surface area contributed by atoms with Gasteiger partial charge in [0, 0.05) is 25.7 Å². The molecule has 17 nitrogen and oxygen atoms in total. The zero-order valence-electron chi connectivity index (χ0n) is 67.1. The molecule has 6 atom stereocenters. The zero-order chi connectivity index (χ0) is 75.1. The van der Waals surface area contributed by atoms with Gasteiger partial charge in [-0.1, -0.05) is 382 Å². The second kappa shape index (κ2) is 73.2. The van der Waals surface area contributed by atoms with Crippen LogP contribution in [0.4, 0.5) is 0 Å². The lowest BCUT2D eigenvalue weighted by atomic mass is 9.99. The van der Waals surface area contributed by atoms with Crippen molar-refractivity contribution >= 4 is 39.5 Å². The van der Waals surface area contributed by atoms with Crippen molar-refractivity contribution in [3.05, 3.63) is 0 Å². The van der Waals surface area contributed by atoms with E-state index in [2.05, 4.69) is 48.5 Å². The van der Waals surface area contributed by atoms with Gasteiger partial charge in [0.1, 0.15) is 19.3 Å². The molecule has 0 amide bonds. The molecule has 0 saturated heterocycles. The zero-order valence-corrected chi connectivity index (χ0v) is 68.9. The number of carbonyl (C=O) groups excluding carboxylic acids is 4. The Morgan fingerprint density at radius 2 is 0.500 bits per heavy atom. The van der Waals surface area contributed by atoms with Crippen LogP contribution in [0.3, 0.4) is 0 Å². The molecule has 19 heteroatoms. The molecule has 0 aliphatic heterocycles. The van der Waals surface area contributed by atoms with Gasteiger partial charge in [0.05, 0.1) is 26.4 Å². The van der Waals surface area contributed by atoms with Crippen molar-refractivity contribution in [3.8, 4) is 0 Å². The van der Waals surface area contributed by atoms with Gasteiger partial charge in [-0.2, -0.15) is 0 Å². The second-order valence-corrected chi connectivity index (χ2v) is 34.0. The van der Waals surface area contributed by atoms with Crippen molar-refractivity contribution in [2.45, 2.75) is 452 Å². The van der Waals surface area contributed by atoms with Crippen LogP contribution in [-0.2, 0) is 65.4 Å². The van der Waals surface area contributed by atoms with E-state index in [-0.39, 0.29) is 25.7 Å². The van der Waals surface area contributed by atoms with E-state index in [4.69, 9.17) is 37.0 Å². The lowest BCUT2D eigenvalue weighted by Crippen LogP contribution is -2.30. The maximum Gasteiger partial charge on any atom is 0.472 e. The molecule has 0 aromatic rings. The lowest BCUT2D eigenvalue weighted by molar-refractivity contribution is -0.161. The summed E-state index contributed by atoms with van der Waals surface area (Å²) in [6.07, 6.45) is 62.5. The first-order chi connectivity index (χ1) is 49.3. The molecule has 3 N–H and O–H groups in total. The minimum absolute atomic E-state index is 0.107. The molecule has 0 heterocycles. The molecule has 0 radical (unpaired) electrons. The fourth-order valence-corrected chi connectivity index (χ4v) is 14.4. The van der Waals surface area contributed by atoms with E-state index < -0.39 is 97.5 Å². The van der Waals surface area contributed by atoms with Gasteiger partial charge in [0.2, 0.25) is 0 Å². The van der Waals surface area contributed by atoms with Crippen molar-refractivity contribution in [2.24, 2.45) is 17.8 Å². The number of aliphatic hydroxyl groups excluding tert-OH is 1. The number of aliphatic hydroxyl groups is 1. The summed E-state index contributed by atoms with van der Waals surface area (Å²) in [7, 11) is -9.92. The number of hydrogen-bond acceptors (Lipinski definition) is 15. The number of ether oxygens (including phenoxy) is 4. The van der Waals surface area contributed by atoms with E-state index >= 15 is 0 Å². The number of esters is 4. The van der Waals surface area contributed by atoms with Crippen molar-refractivity contribution in [1.29, 1.82) is 0 Å². The summed E-state index contributed by atoms with van der Waals surface area (Å²) in [6, 6.07) is 0. The van der Waals surface area contributed by atoms with Crippen LogP contribution in [0.15, 0.2) is 0 Å². The van der Waals surface area contributed by atoms with Gasteiger partial charge in [-0.15, -0.1) is 0 Å². The molecular weight excluding hydrogens is 1330 g/mol. The Kier molecular flexibility index (Phi) is 71.8. The van der Waals surface area contributed by atoms with Gasteiger partial charge in [0.15, 0.2) is 12.2 Å². The van der Waals surface area contributed by atoms with Crippen LogP contribution in [0.2, 0.25) is 0 Å². The largest absolute Gasteiger partial charge is 0.472 e. The van der Waals surface area contributed by atoms with Gasteiger partial charge in [-0.3, -0.25) is 37.3 Å². The van der Waals surface area contributed by atoms with Crippen LogP contribution in [0.1, 0.15) is 434 Å². The van der Waals surface area contributed by atoms with Gasteiger partial charge in [-0.05, 0) is 43.4 Å². The number of unbranched alkanes of at least 4 members (excludes halogenated alkanes) is 48. The Labute approximate surface area is 626 Å². The number of rotatable bonds is 81. The molecule has 0 aromatic heterocycles. The van der Waals surface area contributed by atoms with E-state index in [0.29, 0.717) is 25.7 Å². The van der Waals surface area contributed by atoms with Crippen LogP contribution in [0, 0.1) is 17.8 Å². The first-order valence-electron chi connectivity index (χ1n) is 42.9. The molecule has 3 unspecified atom stereocenters. The van der Waals surface area contributed by atoms with Crippen LogP contribution < -0.4 is 0 Å². The van der Waals surface area contributed by atoms with Crippen molar-refractivity contribution < 1.29 is 80.2 Å². The Bertz CT molecular complexity index is 1980. The topological polar surface area (TPSA) is 237 Å². The maximum atomic E-state index is 13.1. The predicted octanol–water partition coefficient (Wildman–Crippen LogP) is 24.9. The molecule has 606 valence electrons. The van der Waals surface area contributed by atoms with Gasteiger partial charge in [-0.25, -0.2) is 9.13 Å². The third-order valence-electron chi connectivity index (χ3n) is 19.7. The Morgan fingerprint density at radius 3 is 0.745 bits per heavy atom. The highest BCUT2D eigenvalue weighted by molar-refractivity contribution is 7.47. The van der Waals surface area contributed by atoms with Crippen LogP contribution in [-0.4, -0.2) is 96.7 Å². The average molecular weight is 1490 g/mol. The molecule has 0 rings (SSSR count). The molecule has 0 saturated carbocycles. The highest BCUT2D eigenvalue weighted by Gasteiger charge is 2.30. The molecule has 0 fully saturated rings. The molecule has 0 aromatic carbocycles. The van der Waals surface area contributed by atoms with E-state index in [1.54, 1.807) is 0 Å². The third kappa shape index (κ3) is 74.9. The SMILES string of the molecule is CCCCCCCCCCC(=O)OC[C@H](COP(=O)(O)OC[C@H](O)COP(=O)(O)OC[C@@H](COC(=O)CCCCCCCCCCCCCCCC(C)C)OC(=O)CCCCCCCCCCCCCCCCCCCCC(C)CC)OC(=O)CCCCCCCCCCCCCCCC(C)C. The normalized spacial score (nSPS) is 14.2. The predicted molar refractivity (Wildman–Crippen MR) is 418 cm³/mol. The fourth-order valence-electron chi connectivity index (χ4n) is 12.8. The first-order valence-corrected chi connectivity index (χ1v) is 45.9. The van der Waals surface area contributed by atoms with Crippen molar-refractivity contribution in [1.82, 2.24) is 0 Å². The summed E-state index contributed by atoms with van der Waals surface area (Å²) in [5.74, 6) is 0.338. The minimum atomic E-state index is -4.96. The van der Waals surface area contributed by atoms with Crippen molar-refractivity contribution in [3.63, 3.8) is 0 Å². The Morgan fingerprint density at radius 1 is 0.284 bits per heavy atom. The first kappa shape index (κ1) is 100. The fraction of sp³-hybridized carbons (Fsp3) is 0.952. The molecule has 102 heavy (non-hydrogen) atoms. The highest BCUT2D eigenvalue weighted by Crippen LogP contribution is 2.45. The van der Waals surface area contributed by atoms with Gasteiger partial charge < -0.3 is 33.8 Å². The smallest absolute Gasteiger partial charge is 0.462 e. The summed E-state index contributed by atoms with van der Waals surface area (Å²) < 4.78 is 68.7.